The molecule has 0 aliphatic carbocycles. The van der Waals surface area contributed by atoms with Crippen molar-refractivity contribution in [2.75, 3.05) is 13.2 Å². The minimum Gasteiger partial charge on any atom is -0.494 e. The number of urea groups is 1. The van der Waals surface area contributed by atoms with Gasteiger partial charge in [0.25, 0.3) is 5.89 Å². The lowest BCUT2D eigenvalue weighted by Crippen LogP contribution is -2.47. The highest BCUT2D eigenvalue weighted by Gasteiger charge is 2.35. The van der Waals surface area contributed by atoms with Gasteiger partial charge in [0.05, 0.1) is 18.2 Å². The van der Waals surface area contributed by atoms with Gasteiger partial charge >= 0.3 is 6.03 Å². The Hall–Kier alpha value is -3.61. The first-order valence-corrected chi connectivity index (χ1v) is 10.9. The third-order valence-corrected chi connectivity index (χ3v) is 5.36. The summed E-state index contributed by atoms with van der Waals surface area (Å²) in [5, 5.41) is 7.33. The Morgan fingerprint density at radius 2 is 1.84 bits per heavy atom. The first-order valence-electron chi connectivity index (χ1n) is 10.9. The highest BCUT2D eigenvalue weighted by molar-refractivity contribution is 5.86. The van der Waals surface area contributed by atoms with Gasteiger partial charge in [-0.05, 0) is 49.6 Å². The third-order valence-electron chi connectivity index (χ3n) is 5.36. The van der Waals surface area contributed by atoms with Gasteiger partial charge in [-0.1, -0.05) is 49.3 Å². The zero-order valence-corrected chi connectivity index (χ0v) is 18.8. The summed E-state index contributed by atoms with van der Waals surface area (Å²) in [4.78, 5) is 19.4. The number of hydrogen-bond acceptors (Lipinski definition) is 5. The molecule has 7 nitrogen and oxygen atoms in total. The summed E-state index contributed by atoms with van der Waals surface area (Å²) in [5.41, 5.74) is 3.41. The van der Waals surface area contributed by atoms with Crippen LogP contribution in [-0.2, 0) is 0 Å². The van der Waals surface area contributed by atoms with E-state index in [1.165, 1.54) is 0 Å². The summed E-state index contributed by atoms with van der Waals surface area (Å²) < 4.78 is 11.2. The van der Waals surface area contributed by atoms with Crippen molar-refractivity contribution in [3.8, 4) is 17.1 Å². The molecule has 0 fully saturated rings. The number of allylic oxidation sites excluding steroid dienone is 1. The molecular formula is C25H28N4O3. The number of rotatable bonds is 7. The zero-order valence-electron chi connectivity index (χ0n) is 18.8. The molecule has 2 heterocycles. The average molecular weight is 433 g/mol. The van der Waals surface area contributed by atoms with Gasteiger partial charge in [0.15, 0.2) is 0 Å². The quantitative estimate of drug-likeness (QED) is 0.549. The topological polar surface area (TPSA) is 80.5 Å². The fraction of sp³-hybridized carbons (Fsp3) is 0.320. The first-order chi connectivity index (χ1) is 15.5. The molecule has 2 amide bonds. The molecule has 0 saturated heterocycles. The van der Waals surface area contributed by atoms with Gasteiger partial charge in [-0.2, -0.15) is 4.98 Å². The van der Waals surface area contributed by atoms with Gasteiger partial charge in [0.2, 0.25) is 5.82 Å². The van der Waals surface area contributed by atoms with E-state index in [0.717, 1.165) is 28.1 Å². The van der Waals surface area contributed by atoms with Crippen LogP contribution in [0.5, 0.6) is 5.75 Å². The van der Waals surface area contributed by atoms with E-state index in [9.17, 15) is 4.79 Å². The number of aromatic nitrogens is 2. The molecule has 0 radical (unpaired) electrons. The second kappa shape index (κ2) is 9.26. The Morgan fingerprint density at radius 3 is 2.50 bits per heavy atom. The van der Waals surface area contributed by atoms with E-state index in [-0.39, 0.29) is 12.1 Å². The average Bonchev–Trinajstić information content (AvgIpc) is 3.27. The van der Waals surface area contributed by atoms with Crippen molar-refractivity contribution in [3.63, 3.8) is 0 Å². The Bertz CT molecular complexity index is 1100. The molecule has 1 aliphatic heterocycles. The Kier molecular flexibility index (Phi) is 6.25. The number of benzene rings is 2. The van der Waals surface area contributed by atoms with Crippen LogP contribution >= 0.6 is 0 Å². The molecule has 1 unspecified atom stereocenters. The van der Waals surface area contributed by atoms with Gasteiger partial charge < -0.3 is 14.6 Å². The fourth-order valence-corrected chi connectivity index (χ4v) is 3.86. The van der Waals surface area contributed by atoms with E-state index < -0.39 is 0 Å². The van der Waals surface area contributed by atoms with Crippen LogP contribution in [0.3, 0.4) is 0 Å². The Labute approximate surface area is 188 Å². The largest absolute Gasteiger partial charge is 0.494 e. The number of hydrogen-bond donors (Lipinski definition) is 1. The van der Waals surface area contributed by atoms with Crippen molar-refractivity contribution >= 4 is 11.6 Å². The van der Waals surface area contributed by atoms with Crippen LogP contribution in [0.15, 0.2) is 64.8 Å². The van der Waals surface area contributed by atoms with Crippen molar-refractivity contribution < 1.29 is 14.1 Å². The minimum absolute atomic E-state index is 0.125. The highest BCUT2D eigenvalue weighted by atomic mass is 16.5. The van der Waals surface area contributed by atoms with E-state index in [2.05, 4.69) is 24.3 Å². The lowest BCUT2D eigenvalue weighted by molar-refractivity contribution is 0.199. The number of amides is 2. The maximum Gasteiger partial charge on any atom is 0.322 e. The normalized spacial score (nSPS) is 16.5. The van der Waals surface area contributed by atoms with Crippen LogP contribution in [0.2, 0.25) is 0 Å². The van der Waals surface area contributed by atoms with E-state index >= 15 is 0 Å². The molecule has 0 saturated carbocycles. The minimum atomic E-state index is -0.374. The van der Waals surface area contributed by atoms with E-state index in [4.69, 9.17) is 14.2 Å². The summed E-state index contributed by atoms with van der Waals surface area (Å²) in [7, 11) is 0. The van der Waals surface area contributed by atoms with Crippen LogP contribution in [0.4, 0.5) is 4.79 Å². The van der Waals surface area contributed by atoms with Crippen LogP contribution in [0.1, 0.15) is 45.2 Å². The van der Waals surface area contributed by atoms with Crippen LogP contribution in [0.25, 0.3) is 17.0 Å². The van der Waals surface area contributed by atoms with Gasteiger partial charge in [0.1, 0.15) is 5.75 Å². The summed E-state index contributed by atoms with van der Waals surface area (Å²) in [6.45, 7) is 9.26. The molecule has 1 aliphatic rings. The molecule has 2 aromatic carbocycles. The number of carbonyl (C=O) groups excluding carboxylic acids is 1. The molecule has 0 spiro atoms. The first kappa shape index (κ1) is 21.6. The summed E-state index contributed by atoms with van der Waals surface area (Å²) >= 11 is 0. The van der Waals surface area contributed by atoms with Gasteiger partial charge in [-0.15, -0.1) is 0 Å². The molecule has 3 aromatic rings. The van der Waals surface area contributed by atoms with Crippen LogP contribution in [0, 0.1) is 5.92 Å². The maximum atomic E-state index is 12.9. The predicted octanol–water partition coefficient (Wildman–Crippen LogP) is 5.29. The van der Waals surface area contributed by atoms with Gasteiger partial charge in [-0.3, -0.25) is 4.90 Å². The number of ether oxygens (including phenoxy) is 1. The molecule has 1 atom stereocenters. The summed E-state index contributed by atoms with van der Waals surface area (Å²) in [5.74, 6) is 1.99. The van der Waals surface area contributed by atoms with Crippen molar-refractivity contribution in [1.29, 1.82) is 0 Å². The lowest BCUT2D eigenvalue weighted by atomic mass is 9.94. The van der Waals surface area contributed by atoms with E-state index in [1.807, 2.05) is 68.4 Å². The molecule has 1 N–H and O–H groups in total. The molecule has 166 valence electrons. The highest BCUT2D eigenvalue weighted by Crippen LogP contribution is 2.37. The predicted molar refractivity (Wildman–Crippen MR) is 123 cm³/mol. The second-order valence-corrected chi connectivity index (χ2v) is 8.18. The lowest BCUT2D eigenvalue weighted by Gasteiger charge is -2.36. The number of nitrogens with one attached hydrogen (secondary N) is 1. The number of nitrogens with zero attached hydrogens (tertiary/aromatic N) is 3. The van der Waals surface area contributed by atoms with Crippen LogP contribution < -0.4 is 10.1 Å². The second-order valence-electron chi connectivity index (χ2n) is 8.18. The third kappa shape index (κ3) is 4.37. The van der Waals surface area contributed by atoms with E-state index in [0.29, 0.717) is 30.8 Å². The van der Waals surface area contributed by atoms with Crippen LogP contribution in [-0.4, -0.2) is 34.2 Å². The smallest absolute Gasteiger partial charge is 0.322 e. The zero-order chi connectivity index (χ0) is 22.7. The van der Waals surface area contributed by atoms with E-state index in [1.54, 1.807) is 4.90 Å². The summed E-state index contributed by atoms with van der Waals surface area (Å²) in [6.07, 6.45) is 0. The van der Waals surface area contributed by atoms with Crippen molar-refractivity contribution in [2.24, 2.45) is 5.92 Å². The molecule has 32 heavy (non-hydrogen) atoms. The standard InChI is InChI=1S/C25H28N4O3/c1-5-31-20-13-11-19(12-14-20)23-27-24(32-28-23)21-17(4)29(15-16(2)3)25(30)26-22(21)18-9-7-6-8-10-18/h6-14,16,22H,5,15H2,1-4H3,(H,26,30). The monoisotopic (exact) mass is 432 g/mol. The number of carbonyl (C=O) groups is 1. The van der Waals surface area contributed by atoms with Crippen molar-refractivity contribution in [2.45, 2.75) is 33.7 Å². The van der Waals surface area contributed by atoms with Crippen molar-refractivity contribution in [3.05, 3.63) is 71.7 Å². The molecule has 7 heteroatoms. The summed E-state index contributed by atoms with van der Waals surface area (Å²) in [6, 6.07) is 16.9. The molecule has 1 aromatic heterocycles. The van der Waals surface area contributed by atoms with Gasteiger partial charge in [0, 0.05) is 17.8 Å². The van der Waals surface area contributed by atoms with Gasteiger partial charge in [-0.25, -0.2) is 4.79 Å². The Morgan fingerprint density at radius 1 is 1.12 bits per heavy atom. The Balaban J connectivity index is 1.75. The van der Waals surface area contributed by atoms with Crippen molar-refractivity contribution in [1.82, 2.24) is 20.4 Å². The maximum absolute atomic E-state index is 12.9. The molecular weight excluding hydrogens is 404 g/mol. The SMILES string of the molecule is CCOc1ccc(-c2noc(C3=C(C)N(CC(C)C)C(=O)NC3c3ccccc3)n2)cc1. The molecule has 0 bridgehead atoms. The molecule has 4 rings (SSSR count). The fourth-order valence-electron chi connectivity index (χ4n) is 3.86.